The van der Waals surface area contributed by atoms with E-state index in [9.17, 15) is 0 Å². The highest BCUT2D eigenvalue weighted by Gasteiger charge is 2.14. The summed E-state index contributed by atoms with van der Waals surface area (Å²) in [5.41, 5.74) is 0. The Morgan fingerprint density at radius 3 is 2.53 bits per heavy atom. The third-order valence-electron chi connectivity index (χ3n) is 3.17. The molecule has 1 fully saturated rings. The summed E-state index contributed by atoms with van der Waals surface area (Å²) in [5.74, 6) is 2.25. The maximum atomic E-state index is 4.02. The van der Waals surface area contributed by atoms with Gasteiger partial charge in [0.25, 0.3) is 0 Å². The molecule has 1 aliphatic rings. The van der Waals surface area contributed by atoms with E-state index in [2.05, 4.69) is 42.7 Å². The largest absolute Gasteiger partial charge is 0.121 e. The van der Waals surface area contributed by atoms with Crippen molar-refractivity contribution in [1.82, 2.24) is 0 Å². The molecule has 0 radical (unpaired) electrons. The Kier molecular flexibility index (Phi) is 6.14. The van der Waals surface area contributed by atoms with E-state index in [1.54, 1.807) is 5.30 Å². The Labute approximate surface area is 110 Å². The van der Waals surface area contributed by atoms with Crippen molar-refractivity contribution in [3.8, 4) is 0 Å². The van der Waals surface area contributed by atoms with Crippen LogP contribution in [0.1, 0.15) is 0 Å². The molecule has 3 unspecified atom stereocenters. The highest BCUT2D eigenvalue weighted by molar-refractivity contribution is 7.68. The zero-order valence-corrected chi connectivity index (χ0v) is 13.1. The highest BCUT2D eigenvalue weighted by atomic mass is 31.1. The Morgan fingerprint density at radius 1 is 1.00 bits per heavy atom. The van der Waals surface area contributed by atoms with Gasteiger partial charge in [-0.3, -0.25) is 0 Å². The van der Waals surface area contributed by atoms with Crippen molar-refractivity contribution in [1.29, 1.82) is 0 Å². The van der Waals surface area contributed by atoms with Crippen molar-refractivity contribution in [2.75, 3.05) is 37.0 Å². The van der Waals surface area contributed by atoms with Gasteiger partial charge in [0.2, 0.25) is 0 Å². The van der Waals surface area contributed by atoms with E-state index in [0.29, 0.717) is 0 Å². The van der Waals surface area contributed by atoms with Crippen LogP contribution >= 0.6 is 24.4 Å². The monoisotopic (exact) mass is 282 g/mol. The van der Waals surface area contributed by atoms with E-state index in [0.717, 1.165) is 0 Å². The molecule has 1 heterocycles. The van der Waals surface area contributed by atoms with Gasteiger partial charge >= 0.3 is 0 Å². The molecule has 0 spiro atoms. The predicted octanol–water partition coefficient (Wildman–Crippen LogP) is 4.11. The molecular formula is C14H21P3. The number of benzene rings is 1. The summed E-state index contributed by atoms with van der Waals surface area (Å²) in [6.07, 6.45) is 8.66. The Bertz CT molecular complexity index is 337. The lowest BCUT2D eigenvalue weighted by Gasteiger charge is -2.18. The predicted molar refractivity (Wildman–Crippen MR) is 87.6 cm³/mol. The third-order valence-corrected chi connectivity index (χ3v) is 10.2. The van der Waals surface area contributed by atoms with Crippen LogP contribution < -0.4 is 5.30 Å². The summed E-state index contributed by atoms with van der Waals surface area (Å²) >= 11 is 0. The first-order chi connectivity index (χ1) is 8.40. The molecule has 0 aromatic heterocycles. The zero-order valence-electron chi connectivity index (χ0n) is 10.3. The van der Waals surface area contributed by atoms with Crippen LogP contribution in [-0.4, -0.2) is 37.0 Å². The number of rotatable bonds is 2. The van der Waals surface area contributed by atoms with Crippen molar-refractivity contribution in [2.45, 2.75) is 0 Å². The highest BCUT2D eigenvalue weighted by Crippen LogP contribution is 2.46. The summed E-state index contributed by atoms with van der Waals surface area (Å²) in [5, 5.41) is 1.62. The standard InChI is InChI=1S/C14H21P3/c1-2-16-10-8-15-9-11-17(13-12-16)14-6-4-3-5-7-14/h2-7,15H,1,8-13H2. The van der Waals surface area contributed by atoms with Gasteiger partial charge in [-0.25, -0.2) is 0 Å². The van der Waals surface area contributed by atoms with Gasteiger partial charge < -0.3 is 0 Å². The minimum Gasteiger partial charge on any atom is -0.121 e. The van der Waals surface area contributed by atoms with E-state index in [1.165, 1.54) is 45.6 Å². The molecule has 0 amide bonds. The fourth-order valence-corrected chi connectivity index (χ4v) is 9.77. The van der Waals surface area contributed by atoms with Crippen LogP contribution in [0.2, 0.25) is 0 Å². The Balaban J connectivity index is 2.03. The Hall–Kier alpha value is 0.250. The summed E-state index contributed by atoms with van der Waals surface area (Å²) in [4.78, 5) is 0. The van der Waals surface area contributed by atoms with Gasteiger partial charge in [0.1, 0.15) is 0 Å². The molecule has 0 N–H and O–H groups in total. The molecule has 2 rings (SSSR count). The molecule has 17 heavy (non-hydrogen) atoms. The normalized spacial score (nSPS) is 28.0. The second kappa shape index (κ2) is 7.63. The van der Waals surface area contributed by atoms with Crippen LogP contribution in [0.15, 0.2) is 42.7 Å². The average molecular weight is 282 g/mol. The Morgan fingerprint density at radius 2 is 1.76 bits per heavy atom. The van der Waals surface area contributed by atoms with Crippen molar-refractivity contribution >= 4 is 29.7 Å². The van der Waals surface area contributed by atoms with Crippen molar-refractivity contribution in [3.63, 3.8) is 0 Å². The SMILES string of the molecule is C=CP1CCPCCP(c2ccccc2)CC1. The number of hydrogen-bond donors (Lipinski definition) is 0. The lowest BCUT2D eigenvalue weighted by atomic mass is 10.4. The fourth-order valence-electron chi connectivity index (χ4n) is 2.11. The van der Waals surface area contributed by atoms with E-state index < -0.39 is 0 Å². The molecule has 1 aliphatic heterocycles. The third kappa shape index (κ3) is 4.44. The van der Waals surface area contributed by atoms with Gasteiger partial charge in [-0.2, -0.15) is 0 Å². The lowest BCUT2D eigenvalue weighted by Crippen LogP contribution is -2.08. The van der Waals surface area contributed by atoms with Crippen LogP contribution in [0.25, 0.3) is 0 Å². The first kappa shape index (κ1) is 13.7. The summed E-state index contributed by atoms with van der Waals surface area (Å²) in [7, 11) is 1.45. The molecule has 3 heteroatoms. The topological polar surface area (TPSA) is 0 Å². The summed E-state index contributed by atoms with van der Waals surface area (Å²) in [6, 6.07) is 11.2. The first-order valence-corrected chi connectivity index (χ1v) is 11.2. The minimum atomic E-state index is 0.115. The van der Waals surface area contributed by atoms with Crippen molar-refractivity contribution < 1.29 is 0 Å². The van der Waals surface area contributed by atoms with Crippen molar-refractivity contribution in [2.24, 2.45) is 0 Å². The van der Waals surface area contributed by atoms with Crippen LogP contribution in [0.3, 0.4) is 0 Å². The molecule has 3 atom stereocenters. The molecule has 1 aromatic rings. The van der Waals surface area contributed by atoms with Gasteiger partial charge in [0, 0.05) is 0 Å². The first-order valence-electron chi connectivity index (χ1n) is 6.27. The van der Waals surface area contributed by atoms with Crippen LogP contribution in [0.5, 0.6) is 0 Å². The molecular weight excluding hydrogens is 261 g/mol. The molecule has 0 bridgehead atoms. The molecule has 92 valence electrons. The second-order valence-electron chi connectivity index (χ2n) is 4.29. The second-order valence-corrected chi connectivity index (χ2v) is 10.7. The van der Waals surface area contributed by atoms with Crippen LogP contribution in [0.4, 0.5) is 0 Å². The summed E-state index contributed by atoms with van der Waals surface area (Å²) < 4.78 is 0. The van der Waals surface area contributed by atoms with Crippen molar-refractivity contribution in [3.05, 3.63) is 42.7 Å². The van der Waals surface area contributed by atoms with Gasteiger partial charge in [-0.1, -0.05) is 58.6 Å². The molecule has 1 aromatic carbocycles. The van der Waals surface area contributed by atoms with Gasteiger partial charge in [-0.15, -0.1) is 8.58 Å². The lowest BCUT2D eigenvalue weighted by molar-refractivity contribution is 1.43. The molecule has 0 nitrogen and oxygen atoms in total. The minimum absolute atomic E-state index is 0.115. The molecule has 0 aliphatic carbocycles. The molecule has 0 saturated carbocycles. The quantitative estimate of drug-likeness (QED) is 0.716. The summed E-state index contributed by atoms with van der Waals surface area (Å²) in [6.45, 7) is 4.02. The van der Waals surface area contributed by atoms with E-state index in [-0.39, 0.29) is 15.8 Å². The maximum absolute atomic E-state index is 4.02. The maximum Gasteiger partial charge on any atom is -0.0240 e. The van der Waals surface area contributed by atoms with E-state index in [1.807, 2.05) is 0 Å². The van der Waals surface area contributed by atoms with Gasteiger partial charge in [-0.05, 0) is 42.3 Å². The molecule has 1 saturated heterocycles. The van der Waals surface area contributed by atoms with Gasteiger partial charge in [0.15, 0.2) is 0 Å². The zero-order chi connectivity index (χ0) is 11.9. The van der Waals surface area contributed by atoms with Crippen LogP contribution in [-0.2, 0) is 0 Å². The fraction of sp³-hybridized carbons (Fsp3) is 0.429. The van der Waals surface area contributed by atoms with E-state index in [4.69, 9.17) is 0 Å². The van der Waals surface area contributed by atoms with E-state index >= 15 is 0 Å². The van der Waals surface area contributed by atoms with Crippen LogP contribution in [0, 0.1) is 0 Å². The number of hydrogen-bond acceptors (Lipinski definition) is 0. The smallest absolute Gasteiger partial charge is 0.0240 e. The average Bonchev–Trinajstić information content (AvgIpc) is 2.51. The van der Waals surface area contributed by atoms with Gasteiger partial charge in [0.05, 0.1) is 0 Å².